The molecule has 0 aromatic heterocycles. The van der Waals surface area contributed by atoms with Gasteiger partial charge in [-0.2, -0.15) is 0 Å². The molecule has 0 saturated carbocycles. The first-order chi connectivity index (χ1) is 1.73. The average molecular weight is 346 g/mol. The van der Waals surface area contributed by atoms with E-state index < -0.39 is 5.09 Å². The second kappa shape index (κ2) is 99.8. The topological polar surface area (TPSA) is 255 Å². The zero-order valence-electron chi connectivity index (χ0n) is 5.55. The van der Waals surface area contributed by atoms with Gasteiger partial charge in [-0.1, -0.05) is 0 Å². The van der Waals surface area contributed by atoms with Crippen molar-refractivity contribution >= 4 is 0 Å². The van der Waals surface area contributed by atoms with Crippen LogP contribution in [0.3, 0.4) is 0 Å². The molecule has 0 amide bonds. The molecule has 0 radical (unpaired) electrons. The van der Waals surface area contributed by atoms with Crippen molar-refractivity contribution in [3.63, 3.8) is 0 Å². The minimum Gasteiger partial charge on any atom is -1.00 e. The van der Waals surface area contributed by atoms with Gasteiger partial charge in [0.25, 0.3) is 0 Å². The maximum absolute atomic E-state index is 8.25. The molecule has 0 aromatic rings. The van der Waals surface area contributed by atoms with Crippen LogP contribution in [0.2, 0.25) is 0 Å². The van der Waals surface area contributed by atoms with Crippen LogP contribution in [0.25, 0.3) is 0 Å². The molecule has 12 N–H and O–H groups in total. The second-order valence-corrected chi connectivity index (χ2v) is 0.224. The summed E-state index contributed by atoms with van der Waals surface area (Å²) >= 11 is 0. The maximum atomic E-state index is 8.25. The Morgan fingerprint density at radius 1 is 0.750 bits per heavy atom. The minimum atomic E-state index is -1.75. The summed E-state index contributed by atoms with van der Waals surface area (Å²) in [6.45, 7) is 0. The van der Waals surface area contributed by atoms with Gasteiger partial charge in [-0.05, 0) is 0 Å². The van der Waals surface area contributed by atoms with E-state index in [1.54, 1.807) is 0 Å². The molecule has 12 heteroatoms. The third-order valence-electron chi connectivity index (χ3n) is 0. The minimum absolute atomic E-state index is 0. The molecule has 0 aliphatic heterocycles. The SMILES string of the molecule is O.O.O.O.O.O.O=[N+]([O-])[O-].[Ce+2].[Cl-]. The van der Waals surface area contributed by atoms with Crippen LogP contribution in [0.4, 0.5) is 0 Å². The Labute approximate surface area is 107 Å². The van der Waals surface area contributed by atoms with E-state index in [2.05, 4.69) is 0 Å². The van der Waals surface area contributed by atoms with Gasteiger partial charge in [-0.3, -0.25) is 0 Å². The Morgan fingerprint density at radius 2 is 0.750 bits per heavy atom. The summed E-state index contributed by atoms with van der Waals surface area (Å²) in [5, 5.41) is 14.8. The fraction of sp³-hybridized carbons (Fsp3) is 0. The molecule has 0 aromatic carbocycles. The van der Waals surface area contributed by atoms with Gasteiger partial charge in [0.05, 0.1) is 5.09 Å². The van der Waals surface area contributed by atoms with Crippen molar-refractivity contribution in [2.24, 2.45) is 0 Å². The fourth-order valence-electron chi connectivity index (χ4n) is 0. The van der Waals surface area contributed by atoms with Gasteiger partial charge in [0.1, 0.15) is 0 Å². The Balaban J connectivity index is -0.00000000161. The van der Waals surface area contributed by atoms with Crippen LogP contribution in [0, 0.1) is 57.1 Å². The van der Waals surface area contributed by atoms with E-state index in [1.807, 2.05) is 0 Å². The van der Waals surface area contributed by atoms with Gasteiger partial charge < -0.3 is 60.6 Å². The molecule has 0 rings (SSSR count). The molecule has 0 aliphatic carbocycles. The third-order valence-corrected chi connectivity index (χ3v) is 0. The maximum Gasteiger partial charge on any atom is 2.00 e. The Bertz CT molecular complexity index is 37.5. The van der Waals surface area contributed by atoms with Gasteiger partial charge in [0.15, 0.2) is 0 Å². The van der Waals surface area contributed by atoms with Crippen LogP contribution in [0.1, 0.15) is 0 Å². The third kappa shape index (κ3) is 2510. The molecule has 0 saturated heterocycles. The summed E-state index contributed by atoms with van der Waals surface area (Å²) in [5.41, 5.74) is 0. The van der Waals surface area contributed by atoms with Crippen molar-refractivity contribution in [2.45, 2.75) is 0 Å². The molecule has 0 unspecified atom stereocenters. The van der Waals surface area contributed by atoms with Crippen LogP contribution in [0.15, 0.2) is 0 Å². The van der Waals surface area contributed by atoms with Crippen molar-refractivity contribution in [1.82, 2.24) is 0 Å². The smallest absolute Gasteiger partial charge is 1.00 e. The molecule has 0 atom stereocenters. The molecule has 0 bridgehead atoms. The van der Waals surface area contributed by atoms with E-state index >= 15 is 0 Å². The molecule has 82 valence electrons. The first kappa shape index (κ1) is 130. The summed E-state index contributed by atoms with van der Waals surface area (Å²) in [7, 11) is 0. The average Bonchev–Trinajstić information content (AvgIpc) is 0.811. The summed E-state index contributed by atoms with van der Waals surface area (Å²) < 4.78 is 0. The molecular weight excluding hydrogens is 334 g/mol. The van der Waals surface area contributed by atoms with E-state index in [4.69, 9.17) is 15.3 Å². The molecular formula is H12CeClNO9. The zero-order valence-corrected chi connectivity index (χ0v) is 9.45. The first-order valence-corrected chi connectivity index (χ1v) is 0.548. The zero-order chi connectivity index (χ0) is 3.58. The summed E-state index contributed by atoms with van der Waals surface area (Å²) in [6.07, 6.45) is 0. The van der Waals surface area contributed by atoms with E-state index in [0.29, 0.717) is 0 Å². The van der Waals surface area contributed by atoms with E-state index in [-0.39, 0.29) is 87.0 Å². The van der Waals surface area contributed by atoms with Crippen LogP contribution < -0.4 is 12.4 Å². The van der Waals surface area contributed by atoms with Crippen LogP contribution >= 0.6 is 0 Å². The number of rotatable bonds is 0. The van der Waals surface area contributed by atoms with Gasteiger partial charge in [0, 0.05) is 0 Å². The molecule has 0 heterocycles. The molecule has 12 heavy (non-hydrogen) atoms. The predicted octanol–water partition coefficient (Wildman–Crippen LogP) is -8.18. The summed E-state index contributed by atoms with van der Waals surface area (Å²) in [5.74, 6) is 0. The Morgan fingerprint density at radius 3 is 0.750 bits per heavy atom. The van der Waals surface area contributed by atoms with E-state index in [9.17, 15) is 0 Å². The molecule has 0 spiro atoms. The van der Waals surface area contributed by atoms with Crippen molar-refractivity contribution in [3.8, 4) is 0 Å². The van der Waals surface area contributed by atoms with Gasteiger partial charge in [-0.25, -0.2) is 0 Å². The van der Waals surface area contributed by atoms with Gasteiger partial charge >= 0.3 is 41.7 Å². The van der Waals surface area contributed by atoms with Crippen LogP contribution in [0.5, 0.6) is 0 Å². The Hall–Kier alpha value is 0.627. The normalized spacial score (nSPS) is 2.00. The predicted molar refractivity (Wildman–Crippen MR) is 32.0 cm³/mol. The summed E-state index contributed by atoms with van der Waals surface area (Å²) in [6, 6.07) is 0. The van der Waals surface area contributed by atoms with E-state index in [1.165, 1.54) is 0 Å². The van der Waals surface area contributed by atoms with Crippen LogP contribution in [-0.4, -0.2) is 37.9 Å². The number of hydrogen-bond donors (Lipinski definition) is 0. The largest absolute Gasteiger partial charge is 2.00 e. The van der Waals surface area contributed by atoms with Crippen molar-refractivity contribution in [1.29, 1.82) is 0 Å². The van der Waals surface area contributed by atoms with Crippen molar-refractivity contribution in [3.05, 3.63) is 15.3 Å². The monoisotopic (exact) mass is 345 g/mol. The second-order valence-electron chi connectivity index (χ2n) is 0.224. The van der Waals surface area contributed by atoms with Crippen molar-refractivity contribution in [2.75, 3.05) is 0 Å². The van der Waals surface area contributed by atoms with Gasteiger partial charge in [0.2, 0.25) is 0 Å². The standard InChI is InChI=1S/Ce.ClH.NO3.6H2O/c;;2-1(3)4;;;;;;/h;1H;;6*1H2/q+2;;-1;;;;;;/p-1. The van der Waals surface area contributed by atoms with Gasteiger partial charge in [-0.15, -0.1) is 0 Å². The Kier molecular flexibility index (Phi) is 1080. The fourth-order valence-corrected chi connectivity index (χ4v) is 0. The number of halogens is 1. The number of nitrogens with zero attached hydrogens (tertiary/aromatic N) is 1. The van der Waals surface area contributed by atoms with Crippen LogP contribution in [-0.2, 0) is 0 Å². The first-order valence-electron chi connectivity index (χ1n) is 0.548. The molecule has 0 fully saturated rings. The quantitative estimate of drug-likeness (QED) is 0.306. The van der Waals surface area contributed by atoms with Crippen molar-refractivity contribution < 1.29 is 92.1 Å². The molecule has 0 aliphatic rings. The molecule has 10 nitrogen and oxygen atoms in total. The summed E-state index contributed by atoms with van der Waals surface area (Å²) in [4.78, 5) is 8.25. The number of hydrogen-bond acceptors (Lipinski definition) is 3. The van der Waals surface area contributed by atoms with E-state index in [0.717, 1.165) is 0 Å².